The summed E-state index contributed by atoms with van der Waals surface area (Å²) in [4.78, 5) is 28.6. The number of benzene rings is 2. The molecule has 1 heterocycles. The highest BCUT2D eigenvalue weighted by Crippen LogP contribution is 2.26. The van der Waals surface area contributed by atoms with E-state index >= 15 is 0 Å². The molecule has 0 aromatic heterocycles. The van der Waals surface area contributed by atoms with Crippen molar-refractivity contribution in [3.63, 3.8) is 0 Å². The molecule has 6 heteroatoms. The molecule has 0 spiro atoms. The van der Waals surface area contributed by atoms with Crippen LogP contribution >= 0.6 is 0 Å². The molecule has 0 saturated carbocycles. The predicted octanol–water partition coefficient (Wildman–Crippen LogP) is 3.02. The zero-order valence-corrected chi connectivity index (χ0v) is 15.0. The number of hydrogen-bond donors (Lipinski definition) is 0. The SMILES string of the molecule is COc1cccc(F)c1C(=O)N1CC(=O)N(c2ccc(C)cc2)C[C@H]1C. The smallest absolute Gasteiger partial charge is 0.261 e. The van der Waals surface area contributed by atoms with E-state index < -0.39 is 11.7 Å². The number of halogens is 1. The highest BCUT2D eigenvalue weighted by atomic mass is 19.1. The van der Waals surface area contributed by atoms with Crippen LogP contribution in [0.15, 0.2) is 42.5 Å². The summed E-state index contributed by atoms with van der Waals surface area (Å²) in [5.41, 5.74) is 1.76. The maximum absolute atomic E-state index is 14.2. The summed E-state index contributed by atoms with van der Waals surface area (Å²) < 4.78 is 19.3. The molecule has 1 aliphatic heterocycles. The summed E-state index contributed by atoms with van der Waals surface area (Å²) in [6, 6.07) is 11.6. The first-order valence-electron chi connectivity index (χ1n) is 8.43. The van der Waals surface area contributed by atoms with Crippen LogP contribution in [-0.2, 0) is 4.79 Å². The molecule has 2 aromatic rings. The minimum atomic E-state index is -0.657. The lowest BCUT2D eigenvalue weighted by Gasteiger charge is -2.39. The lowest BCUT2D eigenvalue weighted by molar-refractivity contribution is -0.121. The fourth-order valence-corrected chi connectivity index (χ4v) is 3.12. The molecule has 136 valence electrons. The van der Waals surface area contributed by atoms with E-state index in [1.165, 1.54) is 30.2 Å². The second-order valence-electron chi connectivity index (χ2n) is 6.44. The van der Waals surface area contributed by atoms with Crippen LogP contribution in [0.4, 0.5) is 10.1 Å². The van der Waals surface area contributed by atoms with Crippen molar-refractivity contribution in [3.8, 4) is 5.75 Å². The van der Waals surface area contributed by atoms with Gasteiger partial charge in [0.25, 0.3) is 5.91 Å². The Kier molecular flexibility index (Phi) is 4.93. The topological polar surface area (TPSA) is 49.9 Å². The number of aryl methyl sites for hydroxylation is 1. The van der Waals surface area contributed by atoms with Crippen LogP contribution in [0.25, 0.3) is 0 Å². The van der Waals surface area contributed by atoms with E-state index in [0.29, 0.717) is 6.54 Å². The number of methoxy groups -OCH3 is 1. The standard InChI is InChI=1S/C20H21FN2O3/c1-13-7-9-15(10-8-13)23-11-14(2)22(12-18(23)24)20(25)19-16(21)5-4-6-17(19)26-3/h4-10,14H,11-12H2,1-3H3/t14-/m1/s1. The van der Waals surface area contributed by atoms with Crippen LogP contribution in [0, 0.1) is 12.7 Å². The number of hydrogen-bond acceptors (Lipinski definition) is 3. The molecule has 0 aliphatic carbocycles. The fourth-order valence-electron chi connectivity index (χ4n) is 3.12. The second-order valence-corrected chi connectivity index (χ2v) is 6.44. The van der Waals surface area contributed by atoms with Crippen molar-refractivity contribution >= 4 is 17.5 Å². The summed E-state index contributed by atoms with van der Waals surface area (Å²) >= 11 is 0. The molecule has 2 amide bonds. The number of rotatable bonds is 3. The Balaban J connectivity index is 1.85. The average molecular weight is 356 g/mol. The largest absolute Gasteiger partial charge is 0.496 e. The van der Waals surface area contributed by atoms with Gasteiger partial charge in [0.2, 0.25) is 5.91 Å². The maximum Gasteiger partial charge on any atom is 0.261 e. The number of ether oxygens (including phenoxy) is 1. The van der Waals surface area contributed by atoms with Crippen LogP contribution in [0.5, 0.6) is 5.75 Å². The Morgan fingerprint density at radius 2 is 1.88 bits per heavy atom. The maximum atomic E-state index is 14.2. The van der Waals surface area contributed by atoms with Gasteiger partial charge >= 0.3 is 0 Å². The number of amides is 2. The van der Waals surface area contributed by atoms with Crippen molar-refractivity contribution in [2.75, 3.05) is 25.1 Å². The van der Waals surface area contributed by atoms with Crippen LogP contribution in [0.1, 0.15) is 22.8 Å². The van der Waals surface area contributed by atoms with Crippen molar-refractivity contribution in [1.82, 2.24) is 4.90 Å². The Hall–Kier alpha value is -2.89. The number of nitrogens with zero attached hydrogens (tertiary/aromatic N) is 2. The van der Waals surface area contributed by atoms with Gasteiger partial charge in [0.05, 0.1) is 7.11 Å². The van der Waals surface area contributed by atoms with E-state index in [9.17, 15) is 14.0 Å². The van der Waals surface area contributed by atoms with E-state index in [2.05, 4.69) is 0 Å². The number of anilines is 1. The fraction of sp³-hybridized carbons (Fsp3) is 0.300. The van der Waals surface area contributed by atoms with Gasteiger partial charge < -0.3 is 14.5 Å². The van der Waals surface area contributed by atoms with Gasteiger partial charge in [0.15, 0.2) is 0 Å². The zero-order valence-electron chi connectivity index (χ0n) is 15.0. The highest BCUT2D eigenvalue weighted by molar-refractivity contribution is 6.03. The van der Waals surface area contributed by atoms with Gasteiger partial charge in [0.1, 0.15) is 23.7 Å². The molecule has 1 saturated heterocycles. The first-order chi connectivity index (χ1) is 12.4. The Bertz CT molecular complexity index is 835. The Morgan fingerprint density at radius 1 is 1.19 bits per heavy atom. The predicted molar refractivity (Wildman–Crippen MR) is 97.0 cm³/mol. The third kappa shape index (κ3) is 3.27. The van der Waals surface area contributed by atoms with Gasteiger partial charge in [-0.15, -0.1) is 0 Å². The van der Waals surface area contributed by atoms with Crippen LogP contribution in [0.3, 0.4) is 0 Å². The van der Waals surface area contributed by atoms with E-state index in [-0.39, 0.29) is 29.8 Å². The van der Waals surface area contributed by atoms with Crippen molar-refractivity contribution in [2.24, 2.45) is 0 Å². The molecule has 26 heavy (non-hydrogen) atoms. The van der Waals surface area contributed by atoms with Crippen molar-refractivity contribution in [3.05, 3.63) is 59.4 Å². The second kappa shape index (κ2) is 7.15. The Morgan fingerprint density at radius 3 is 2.54 bits per heavy atom. The molecular weight excluding hydrogens is 335 g/mol. The molecule has 0 unspecified atom stereocenters. The molecule has 1 atom stereocenters. The Labute approximate surface area is 152 Å². The molecule has 0 bridgehead atoms. The minimum absolute atomic E-state index is 0.106. The van der Waals surface area contributed by atoms with Crippen LogP contribution in [0.2, 0.25) is 0 Å². The molecule has 0 N–H and O–H groups in total. The molecule has 0 radical (unpaired) electrons. The molecule has 5 nitrogen and oxygen atoms in total. The monoisotopic (exact) mass is 356 g/mol. The van der Waals surface area contributed by atoms with E-state index in [1.807, 2.05) is 38.1 Å². The van der Waals surface area contributed by atoms with Crippen molar-refractivity contribution in [1.29, 1.82) is 0 Å². The summed E-state index contributed by atoms with van der Waals surface area (Å²) in [5.74, 6) is -1.23. The molecule has 2 aromatic carbocycles. The van der Waals surface area contributed by atoms with Crippen LogP contribution < -0.4 is 9.64 Å². The van der Waals surface area contributed by atoms with E-state index in [4.69, 9.17) is 4.74 Å². The highest BCUT2D eigenvalue weighted by Gasteiger charge is 2.35. The zero-order chi connectivity index (χ0) is 18.8. The van der Waals surface area contributed by atoms with Gasteiger partial charge in [-0.1, -0.05) is 23.8 Å². The number of piperazine rings is 1. The summed E-state index contributed by atoms with van der Waals surface area (Å²) in [6.07, 6.45) is 0. The summed E-state index contributed by atoms with van der Waals surface area (Å²) in [6.45, 7) is 4.07. The lowest BCUT2D eigenvalue weighted by Crippen LogP contribution is -2.57. The van der Waals surface area contributed by atoms with Gasteiger partial charge in [-0.3, -0.25) is 9.59 Å². The van der Waals surface area contributed by atoms with E-state index in [1.54, 1.807) is 4.90 Å². The minimum Gasteiger partial charge on any atom is -0.496 e. The summed E-state index contributed by atoms with van der Waals surface area (Å²) in [7, 11) is 1.38. The van der Waals surface area contributed by atoms with Gasteiger partial charge in [-0.25, -0.2) is 4.39 Å². The van der Waals surface area contributed by atoms with E-state index in [0.717, 1.165) is 11.3 Å². The van der Waals surface area contributed by atoms with Crippen LogP contribution in [-0.4, -0.2) is 43.0 Å². The number of carbonyl (C=O) groups excluding carboxylic acids is 2. The lowest BCUT2D eigenvalue weighted by atomic mass is 10.1. The quantitative estimate of drug-likeness (QED) is 0.849. The first kappa shape index (κ1) is 17.9. The van der Waals surface area contributed by atoms with Crippen molar-refractivity contribution < 1.29 is 18.7 Å². The third-order valence-corrected chi connectivity index (χ3v) is 4.60. The van der Waals surface area contributed by atoms with Gasteiger partial charge in [-0.05, 0) is 38.1 Å². The summed E-state index contributed by atoms with van der Waals surface area (Å²) in [5, 5.41) is 0. The molecule has 1 fully saturated rings. The van der Waals surface area contributed by atoms with Gasteiger partial charge in [0, 0.05) is 18.3 Å². The van der Waals surface area contributed by atoms with Crippen molar-refractivity contribution in [2.45, 2.75) is 19.9 Å². The average Bonchev–Trinajstić information content (AvgIpc) is 2.63. The van der Waals surface area contributed by atoms with Gasteiger partial charge in [-0.2, -0.15) is 0 Å². The molecule has 1 aliphatic rings. The molecule has 3 rings (SSSR count). The molecular formula is C20H21FN2O3. The third-order valence-electron chi connectivity index (χ3n) is 4.60. The normalized spacial score (nSPS) is 17.4. The first-order valence-corrected chi connectivity index (χ1v) is 8.43. The number of carbonyl (C=O) groups is 2.